The molecule has 1 saturated heterocycles. The summed E-state index contributed by atoms with van der Waals surface area (Å²) in [5, 5.41) is 3.27. The number of likely N-dealkylation sites (N-methyl/N-ethyl adjacent to an activating group) is 1. The molecule has 1 amide bonds. The third-order valence-corrected chi connectivity index (χ3v) is 6.39. The van der Waals surface area contributed by atoms with Crippen LogP contribution in [0.25, 0.3) is 0 Å². The monoisotopic (exact) mass is 378 g/mol. The number of amides is 1. The maximum atomic E-state index is 13.0. The maximum Gasteiger partial charge on any atom is 0.263 e. The van der Waals surface area contributed by atoms with Crippen LogP contribution in [-0.2, 0) is 14.8 Å². The number of carbonyl (C=O) groups excluding carboxylic acids is 1. The summed E-state index contributed by atoms with van der Waals surface area (Å²) in [6.07, 6.45) is 3.34. The molecule has 0 aliphatic carbocycles. The fraction of sp³-hybridized carbons (Fsp3) is 0.556. The number of nitrogens with zero attached hydrogens (tertiary/aromatic N) is 2. The number of fused-ring (bicyclic) bond motifs is 1. The molecule has 1 aromatic rings. The first-order valence-electron chi connectivity index (χ1n) is 9.11. The van der Waals surface area contributed by atoms with E-state index in [2.05, 4.69) is 22.0 Å². The number of nitrogens with one attached hydrogen (secondary N) is 2. The van der Waals surface area contributed by atoms with Gasteiger partial charge >= 0.3 is 0 Å². The standard InChI is InChI=1S/C18H26N4O3S/c1-3-4-8-15(18(23)22(2)13-10-11-19-12-13)20-17-14-7-5-6-9-16(14)26(24,25)21-17/h5-7,9,13,15,19H,3-4,8,10-12H2,1-2H3,(H,20,21). The van der Waals surface area contributed by atoms with Gasteiger partial charge in [0.2, 0.25) is 5.91 Å². The van der Waals surface area contributed by atoms with Crippen molar-refractivity contribution in [1.29, 1.82) is 0 Å². The second-order valence-corrected chi connectivity index (χ2v) is 8.48. The minimum absolute atomic E-state index is 0.0526. The number of rotatable bonds is 6. The topological polar surface area (TPSA) is 90.9 Å². The van der Waals surface area contributed by atoms with Crippen molar-refractivity contribution in [3.8, 4) is 0 Å². The molecular formula is C18H26N4O3S. The highest BCUT2D eigenvalue weighted by molar-refractivity contribution is 7.90. The SMILES string of the molecule is CCCCC(N=C1NS(=O)(=O)c2ccccc21)C(=O)N(C)C1CCNC1. The number of sulfonamides is 1. The largest absolute Gasteiger partial charge is 0.340 e. The summed E-state index contributed by atoms with van der Waals surface area (Å²) in [7, 11) is -1.79. The number of aliphatic imine (C=N–C) groups is 1. The van der Waals surface area contributed by atoms with Crippen molar-refractivity contribution in [2.75, 3.05) is 20.1 Å². The summed E-state index contributed by atoms with van der Waals surface area (Å²) in [5.41, 5.74) is 0.534. The van der Waals surface area contributed by atoms with E-state index in [9.17, 15) is 13.2 Å². The Bertz CT molecular complexity index is 800. The molecule has 3 rings (SSSR count). The predicted molar refractivity (Wildman–Crippen MR) is 101 cm³/mol. The normalized spacial score (nSPS) is 23.5. The van der Waals surface area contributed by atoms with Crippen molar-refractivity contribution in [3.05, 3.63) is 29.8 Å². The van der Waals surface area contributed by atoms with Crippen LogP contribution in [0.15, 0.2) is 34.2 Å². The molecule has 8 heteroatoms. The van der Waals surface area contributed by atoms with E-state index in [1.165, 1.54) is 0 Å². The molecule has 0 saturated carbocycles. The molecule has 0 spiro atoms. The van der Waals surface area contributed by atoms with Crippen LogP contribution in [0, 0.1) is 0 Å². The van der Waals surface area contributed by atoms with Crippen molar-refractivity contribution in [1.82, 2.24) is 14.9 Å². The molecule has 1 fully saturated rings. The predicted octanol–water partition coefficient (Wildman–Crippen LogP) is 1.10. The Hall–Kier alpha value is -1.93. The smallest absolute Gasteiger partial charge is 0.263 e. The molecule has 0 radical (unpaired) electrons. The van der Waals surface area contributed by atoms with E-state index < -0.39 is 16.1 Å². The zero-order valence-corrected chi connectivity index (χ0v) is 16.1. The van der Waals surface area contributed by atoms with Gasteiger partial charge in [0.25, 0.3) is 10.0 Å². The van der Waals surface area contributed by atoms with Gasteiger partial charge < -0.3 is 10.2 Å². The Morgan fingerprint density at radius 3 is 2.85 bits per heavy atom. The number of carbonyl (C=O) groups is 1. The van der Waals surface area contributed by atoms with Crippen LogP contribution in [0.3, 0.4) is 0 Å². The number of hydrogen-bond acceptors (Lipinski definition) is 5. The Morgan fingerprint density at radius 1 is 1.38 bits per heavy atom. The second-order valence-electron chi connectivity index (χ2n) is 6.83. The fourth-order valence-corrected chi connectivity index (χ4v) is 4.65. The van der Waals surface area contributed by atoms with Crippen molar-refractivity contribution in [2.45, 2.75) is 49.6 Å². The molecule has 0 bridgehead atoms. The summed E-state index contributed by atoms with van der Waals surface area (Å²) in [6.45, 7) is 3.76. The molecule has 2 aliphatic rings. The van der Waals surface area contributed by atoms with Gasteiger partial charge in [0.05, 0.1) is 4.90 Å². The van der Waals surface area contributed by atoms with Gasteiger partial charge in [-0.15, -0.1) is 0 Å². The van der Waals surface area contributed by atoms with E-state index in [1.54, 1.807) is 29.2 Å². The molecule has 2 unspecified atom stereocenters. The van der Waals surface area contributed by atoms with Gasteiger partial charge in [-0.3, -0.25) is 14.5 Å². The highest BCUT2D eigenvalue weighted by Crippen LogP contribution is 2.23. The number of unbranched alkanes of at least 4 members (excludes halogenated alkanes) is 1. The number of hydrogen-bond donors (Lipinski definition) is 2. The van der Waals surface area contributed by atoms with E-state index in [0.29, 0.717) is 12.0 Å². The zero-order chi connectivity index (χ0) is 18.7. The van der Waals surface area contributed by atoms with Gasteiger partial charge in [0, 0.05) is 25.2 Å². The van der Waals surface area contributed by atoms with Gasteiger partial charge in [-0.2, -0.15) is 0 Å². The lowest BCUT2D eigenvalue weighted by Gasteiger charge is -2.27. The lowest BCUT2D eigenvalue weighted by atomic mass is 10.1. The summed E-state index contributed by atoms with van der Waals surface area (Å²) in [6, 6.07) is 6.32. The molecule has 2 heterocycles. The molecule has 2 atom stereocenters. The van der Waals surface area contributed by atoms with Crippen molar-refractivity contribution in [3.63, 3.8) is 0 Å². The van der Waals surface area contributed by atoms with Gasteiger partial charge in [0.1, 0.15) is 11.9 Å². The zero-order valence-electron chi connectivity index (χ0n) is 15.2. The van der Waals surface area contributed by atoms with Crippen LogP contribution in [-0.4, -0.2) is 57.3 Å². The molecule has 7 nitrogen and oxygen atoms in total. The Labute approximate surface area is 154 Å². The second kappa shape index (κ2) is 7.75. The molecule has 0 aromatic heterocycles. The summed E-state index contributed by atoms with van der Waals surface area (Å²) in [5.74, 6) is 0.219. The summed E-state index contributed by atoms with van der Waals surface area (Å²) < 4.78 is 27.1. The van der Waals surface area contributed by atoms with Crippen LogP contribution in [0.5, 0.6) is 0 Å². The molecule has 2 N–H and O–H groups in total. The third-order valence-electron chi connectivity index (χ3n) is 4.99. The lowest BCUT2D eigenvalue weighted by Crippen LogP contribution is -2.44. The van der Waals surface area contributed by atoms with E-state index in [-0.39, 0.29) is 22.7 Å². The van der Waals surface area contributed by atoms with Crippen molar-refractivity contribution in [2.24, 2.45) is 4.99 Å². The molecule has 1 aromatic carbocycles. The molecule has 2 aliphatic heterocycles. The first kappa shape index (κ1) is 18.8. The van der Waals surface area contributed by atoms with Gasteiger partial charge in [-0.05, 0) is 31.5 Å². The number of amidine groups is 1. The molecule has 26 heavy (non-hydrogen) atoms. The van der Waals surface area contributed by atoms with Crippen LogP contribution in [0.1, 0.15) is 38.2 Å². The molecule has 142 valence electrons. The van der Waals surface area contributed by atoms with Gasteiger partial charge in [-0.25, -0.2) is 8.42 Å². The maximum absolute atomic E-state index is 13.0. The Morgan fingerprint density at radius 2 is 2.15 bits per heavy atom. The minimum Gasteiger partial charge on any atom is -0.340 e. The Balaban J connectivity index is 1.89. The average molecular weight is 378 g/mol. The van der Waals surface area contributed by atoms with E-state index in [0.717, 1.165) is 32.4 Å². The first-order chi connectivity index (χ1) is 12.4. The van der Waals surface area contributed by atoms with E-state index >= 15 is 0 Å². The van der Waals surface area contributed by atoms with Crippen LogP contribution < -0.4 is 10.0 Å². The van der Waals surface area contributed by atoms with Gasteiger partial charge in [-0.1, -0.05) is 31.9 Å². The van der Waals surface area contributed by atoms with Crippen LogP contribution in [0.4, 0.5) is 0 Å². The highest BCUT2D eigenvalue weighted by Gasteiger charge is 2.33. The highest BCUT2D eigenvalue weighted by atomic mass is 32.2. The van der Waals surface area contributed by atoms with E-state index in [4.69, 9.17) is 0 Å². The minimum atomic E-state index is -3.60. The lowest BCUT2D eigenvalue weighted by molar-refractivity contribution is -0.133. The van der Waals surface area contributed by atoms with Crippen LogP contribution in [0.2, 0.25) is 0 Å². The van der Waals surface area contributed by atoms with Crippen molar-refractivity contribution < 1.29 is 13.2 Å². The van der Waals surface area contributed by atoms with E-state index in [1.807, 2.05) is 7.05 Å². The number of benzene rings is 1. The van der Waals surface area contributed by atoms with Gasteiger partial charge in [0.15, 0.2) is 0 Å². The first-order valence-corrected chi connectivity index (χ1v) is 10.6. The molecular weight excluding hydrogens is 352 g/mol. The van der Waals surface area contributed by atoms with Crippen molar-refractivity contribution >= 4 is 21.8 Å². The quantitative estimate of drug-likeness (QED) is 0.776. The Kier molecular flexibility index (Phi) is 5.62. The third kappa shape index (κ3) is 3.76. The summed E-state index contributed by atoms with van der Waals surface area (Å²) in [4.78, 5) is 19.5. The average Bonchev–Trinajstić information content (AvgIpc) is 3.25. The fourth-order valence-electron chi connectivity index (χ4n) is 3.41. The van der Waals surface area contributed by atoms with Crippen LogP contribution >= 0.6 is 0 Å². The summed E-state index contributed by atoms with van der Waals surface area (Å²) >= 11 is 0.